The van der Waals surface area contributed by atoms with Crippen LogP contribution in [0.1, 0.15) is 33.9 Å². The van der Waals surface area contributed by atoms with Crippen molar-refractivity contribution in [2.75, 3.05) is 20.8 Å². The van der Waals surface area contributed by atoms with Gasteiger partial charge in [-0.15, -0.1) is 0 Å². The monoisotopic (exact) mass is 543 g/mol. The molecule has 2 aliphatic rings. The number of benzene rings is 4. The van der Waals surface area contributed by atoms with Crippen molar-refractivity contribution in [3.05, 3.63) is 112 Å². The third-order valence-corrected chi connectivity index (χ3v) is 8.14. The molecule has 7 heteroatoms. The van der Waals surface area contributed by atoms with Gasteiger partial charge in [-0.25, -0.2) is 4.39 Å². The summed E-state index contributed by atoms with van der Waals surface area (Å²) < 4.78 is 37.3. The average molecular weight is 544 g/mol. The van der Waals surface area contributed by atoms with Gasteiger partial charge in [0.25, 0.3) is 0 Å². The highest BCUT2D eigenvalue weighted by atomic mass is 32.2. The fourth-order valence-corrected chi connectivity index (χ4v) is 6.05. The predicted octanol–water partition coefficient (Wildman–Crippen LogP) is 7.16. The van der Waals surface area contributed by atoms with Crippen molar-refractivity contribution in [3.8, 4) is 23.0 Å². The predicted molar refractivity (Wildman–Crippen MR) is 150 cm³/mol. The lowest BCUT2D eigenvalue weighted by atomic mass is 9.83. The van der Waals surface area contributed by atoms with E-state index in [-0.39, 0.29) is 11.9 Å². The summed E-state index contributed by atoms with van der Waals surface area (Å²) >= 11 is 1.13. The molecular weight excluding hydrogens is 513 g/mol. The minimum atomic E-state index is -0.291. The lowest BCUT2D eigenvalue weighted by molar-refractivity contribution is 0.159. The van der Waals surface area contributed by atoms with Crippen molar-refractivity contribution in [1.82, 2.24) is 4.90 Å². The Bertz CT molecular complexity index is 1480. The molecule has 1 atom stereocenters. The van der Waals surface area contributed by atoms with Crippen LogP contribution in [-0.4, -0.2) is 25.7 Å². The lowest BCUT2D eigenvalue weighted by Crippen LogP contribution is -2.39. The molecule has 4 aromatic carbocycles. The summed E-state index contributed by atoms with van der Waals surface area (Å²) in [7, 11) is 3.34. The molecule has 200 valence electrons. The largest absolute Gasteiger partial charge is 0.493 e. The van der Waals surface area contributed by atoms with E-state index < -0.39 is 0 Å². The van der Waals surface area contributed by atoms with Gasteiger partial charge in [0.1, 0.15) is 12.4 Å². The molecule has 6 rings (SSSR count). The third kappa shape index (κ3) is 5.42. The highest BCUT2D eigenvalue weighted by Gasteiger charge is 2.34. The molecule has 0 radical (unpaired) electrons. The zero-order valence-corrected chi connectivity index (χ0v) is 22.8. The number of fused-ring (bicyclic) bond motifs is 4. The second kappa shape index (κ2) is 11.2. The second-order valence-electron chi connectivity index (χ2n) is 9.81. The van der Waals surface area contributed by atoms with Crippen LogP contribution in [0.4, 0.5) is 4.39 Å². The van der Waals surface area contributed by atoms with Gasteiger partial charge in [-0.05, 0) is 83.1 Å². The highest BCUT2D eigenvalue weighted by molar-refractivity contribution is 7.95. The first-order valence-corrected chi connectivity index (χ1v) is 13.8. The molecule has 0 fully saturated rings. The average Bonchev–Trinajstić information content (AvgIpc) is 2.97. The minimum absolute atomic E-state index is 0.232. The second-order valence-corrected chi connectivity index (χ2v) is 10.6. The summed E-state index contributed by atoms with van der Waals surface area (Å²) in [6, 6.07) is 25.2. The van der Waals surface area contributed by atoms with E-state index in [1.165, 1.54) is 34.4 Å². The molecule has 0 bridgehead atoms. The molecule has 4 aromatic rings. The first-order chi connectivity index (χ1) is 19.1. The van der Waals surface area contributed by atoms with E-state index in [9.17, 15) is 4.39 Å². The maximum absolute atomic E-state index is 13.6. The zero-order chi connectivity index (χ0) is 26.8. The smallest absolute Gasteiger partial charge is 0.179 e. The van der Waals surface area contributed by atoms with Gasteiger partial charge >= 0.3 is 0 Å². The summed E-state index contributed by atoms with van der Waals surface area (Å²) in [6.07, 6.45) is 1.80. The van der Waals surface area contributed by atoms with Crippen molar-refractivity contribution in [2.24, 2.45) is 0 Å². The molecular formula is C32H30FNO4S. The number of nitrogens with zero attached hydrogens (tertiary/aromatic N) is 1. The number of hydrogen-bond donors (Lipinski definition) is 0. The summed E-state index contributed by atoms with van der Waals surface area (Å²) in [5.74, 6) is 2.55. The standard InChI is InChI=1S/C32H30FNO4S/c1-35-29-16-24-19-34-12-11-22-14-31(37-20-21-7-4-3-5-8-21)30(36-2)18-27(22)28(34)13-23(24)15-32(29)38-39-26-10-6-9-25(33)17-26/h3-10,14-18,28H,11-13,19-20H2,1-2H3. The topological polar surface area (TPSA) is 40.2 Å². The van der Waals surface area contributed by atoms with Gasteiger partial charge in [-0.1, -0.05) is 36.4 Å². The van der Waals surface area contributed by atoms with Crippen molar-refractivity contribution in [2.45, 2.75) is 36.9 Å². The fourth-order valence-electron chi connectivity index (χ4n) is 5.44. The van der Waals surface area contributed by atoms with Gasteiger partial charge in [0.15, 0.2) is 23.0 Å². The first kappa shape index (κ1) is 25.6. The Morgan fingerprint density at radius 3 is 2.38 bits per heavy atom. The molecule has 0 aliphatic carbocycles. The van der Waals surface area contributed by atoms with Crippen LogP contribution in [0.2, 0.25) is 0 Å². The van der Waals surface area contributed by atoms with Crippen LogP contribution < -0.4 is 18.4 Å². The molecule has 0 N–H and O–H groups in total. The Hall–Kier alpha value is -3.68. The molecule has 39 heavy (non-hydrogen) atoms. The van der Waals surface area contributed by atoms with E-state index in [2.05, 4.69) is 41.3 Å². The molecule has 5 nitrogen and oxygen atoms in total. The Labute approximate surface area is 232 Å². The van der Waals surface area contributed by atoms with Crippen molar-refractivity contribution >= 4 is 12.0 Å². The molecule has 0 amide bonds. The van der Waals surface area contributed by atoms with Gasteiger partial charge in [0.05, 0.1) is 31.2 Å². The summed E-state index contributed by atoms with van der Waals surface area (Å²) in [6.45, 7) is 2.30. The Morgan fingerprint density at radius 2 is 1.59 bits per heavy atom. The van der Waals surface area contributed by atoms with E-state index in [0.717, 1.165) is 55.0 Å². The molecule has 2 heterocycles. The minimum Gasteiger partial charge on any atom is -0.493 e. The van der Waals surface area contributed by atoms with E-state index in [1.54, 1.807) is 20.3 Å². The Morgan fingerprint density at radius 1 is 0.821 bits per heavy atom. The van der Waals surface area contributed by atoms with E-state index in [1.807, 2.05) is 24.3 Å². The third-order valence-electron chi connectivity index (χ3n) is 7.43. The van der Waals surface area contributed by atoms with Crippen molar-refractivity contribution in [1.29, 1.82) is 0 Å². The van der Waals surface area contributed by atoms with Crippen molar-refractivity contribution < 1.29 is 22.8 Å². The van der Waals surface area contributed by atoms with Gasteiger partial charge in [0.2, 0.25) is 0 Å². The maximum atomic E-state index is 13.6. The molecule has 0 saturated carbocycles. The van der Waals surface area contributed by atoms with Gasteiger partial charge in [0, 0.05) is 19.1 Å². The van der Waals surface area contributed by atoms with E-state index in [0.29, 0.717) is 23.0 Å². The van der Waals surface area contributed by atoms with Crippen LogP contribution in [0.3, 0.4) is 0 Å². The number of hydrogen-bond acceptors (Lipinski definition) is 6. The normalized spacial score (nSPS) is 16.0. The molecule has 0 spiro atoms. The molecule has 1 unspecified atom stereocenters. The number of ether oxygens (including phenoxy) is 3. The maximum Gasteiger partial charge on any atom is 0.179 e. The summed E-state index contributed by atoms with van der Waals surface area (Å²) in [4.78, 5) is 3.22. The van der Waals surface area contributed by atoms with Gasteiger partial charge < -0.3 is 18.4 Å². The molecule has 0 saturated heterocycles. The summed E-state index contributed by atoms with van der Waals surface area (Å²) in [5, 5.41) is 0. The molecule has 2 aliphatic heterocycles. The zero-order valence-electron chi connectivity index (χ0n) is 22.0. The van der Waals surface area contributed by atoms with Crippen LogP contribution in [0.25, 0.3) is 0 Å². The number of halogens is 1. The molecule has 0 aromatic heterocycles. The van der Waals surface area contributed by atoms with Gasteiger partial charge in [-0.2, -0.15) is 0 Å². The van der Waals surface area contributed by atoms with E-state index in [4.69, 9.17) is 18.4 Å². The summed E-state index contributed by atoms with van der Waals surface area (Å²) in [5.41, 5.74) is 6.17. The van der Waals surface area contributed by atoms with E-state index >= 15 is 0 Å². The van der Waals surface area contributed by atoms with Crippen molar-refractivity contribution in [3.63, 3.8) is 0 Å². The quantitative estimate of drug-likeness (QED) is 0.220. The fraction of sp³-hybridized carbons (Fsp3) is 0.250. The lowest BCUT2D eigenvalue weighted by Gasteiger charge is -2.41. The van der Waals surface area contributed by atoms with Crippen LogP contribution in [0, 0.1) is 5.82 Å². The van der Waals surface area contributed by atoms with Crippen LogP contribution in [0.15, 0.2) is 83.8 Å². The van der Waals surface area contributed by atoms with Crippen LogP contribution in [0.5, 0.6) is 23.0 Å². The Balaban J connectivity index is 1.25. The highest BCUT2D eigenvalue weighted by Crippen LogP contribution is 2.45. The van der Waals surface area contributed by atoms with Crippen LogP contribution in [-0.2, 0) is 26.0 Å². The van der Waals surface area contributed by atoms with Gasteiger partial charge in [-0.3, -0.25) is 4.90 Å². The first-order valence-electron chi connectivity index (χ1n) is 13.0. The number of rotatable bonds is 8. The Kier molecular flexibility index (Phi) is 7.35. The number of methoxy groups -OCH3 is 2. The van der Waals surface area contributed by atoms with Crippen LogP contribution >= 0.6 is 12.0 Å². The SMILES string of the molecule is COc1cc2c(cc1OCc1ccccc1)CCN1Cc3cc(OC)c(OSc4cccc(F)c4)cc3CC21.